The van der Waals surface area contributed by atoms with Gasteiger partial charge in [0.05, 0.1) is 5.69 Å². The second-order valence-electron chi connectivity index (χ2n) is 3.91. The lowest BCUT2D eigenvalue weighted by Crippen LogP contribution is -2.13. The number of nitrogen functional groups attached to an aromatic ring is 1. The van der Waals surface area contributed by atoms with E-state index in [-0.39, 0.29) is 22.1 Å². The second-order valence-corrected chi connectivity index (χ2v) is 3.91. The van der Waals surface area contributed by atoms with Crippen molar-refractivity contribution < 1.29 is 26.3 Å². The summed E-state index contributed by atoms with van der Waals surface area (Å²) in [6, 6.07) is 4.81. The third-order valence-electron chi connectivity index (χ3n) is 2.43. The quantitative estimate of drug-likeness (QED) is 0.619. The number of halogens is 6. The van der Waals surface area contributed by atoms with E-state index >= 15 is 0 Å². The average molecular weight is 325 g/mol. The van der Waals surface area contributed by atoms with Crippen LogP contribution < -0.4 is 5.73 Å². The Morgan fingerprint density at radius 2 is 1.41 bits per heavy atom. The topological polar surface area (TPSA) is 43.8 Å². The summed E-state index contributed by atoms with van der Waals surface area (Å²) in [5.41, 5.74) is 2.36. The van der Waals surface area contributed by atoms with Crippen LogP contribution in [-0.4, -0.2) is 9.78 Å². The number of nitrogens with two attached hydrogens (primary N) is 1. The lowest BCUT2D eigenvalue weighted by Gasteiger charge is -2.10. The molecule has 3 nitrogen and oxygen atoms in total. The fraction of sp³-hybridized carbons (Fsp3) is 0.308. The van der Waals surface area contributed by atoms with Crippen LogP contribution in [0.5, 0.6) is 0 Å². The molecule has 2 N–H and O–H groups in total. The highest BCUT2D eigenvalue weighted by Crippen LogP contribution is 2.36. The molecule has 0 aliphatic carbocycles. The minimum atomic E-state index is -4.96. The minimum Gasteiger partial charge on any atom is -0.399 e. The fourth-order valence-electron chi connectivity index (χ4n) is 1.53. The molecule has 0 bridgehead atoms. The Morgan fingerprint density at radius 1 is 0.909 bits per heavy atom. The van der Waals surface area contributed by atoms with Gasteiger partial charge in [-0.15, -0.1) is 0 Å². The molecule has 122 valence electrons. The molecule has 0 fully saturated rings. The minimum absolute atomic E-state index is 0.0314. The van der Waals surface area contributed by atoms with E-state index in [1.165, 1.54) is 12.1 Å². The normalized spacial score (nSPS) is 11.8. The maximum absolute atomic E-state index is 12.8. The van der Waals surface area contributed by atoms with E-state index in [1.54, 1.807) is 0 Å². The van der Waals surface area contributed by atoms with Crippen molar-refractivity contribution in [3.05, 3.63) is 41.7 Å². The van der Waals surface area contributed by atoms with E-state index in [2.05, 4.69) is 5.10 Å². The molecule has 1 aromatic carbocycles. The molecule has 22 heavy (non-hydrogen) atoms. The number of nitrogens with zero attached hydrogens (tertiary/aromatic N) is 2. The summed E-state index contributed by atoms with van der Waals surface area (Å²) in [5, 5.41) is 2.98. The maximum Gasteiger partial charge on any atom is 0.435 e. The molecule has 2 rings (SSSR count). The summed E-state index contributed by atoms with van der Waals surface area (Å²) in [7, 11) is 0. The van der Waals surface area contributed by atoms with Crippen molar-refractivity contribution in [1.82, 2.24) is 9.78 Å². The van der Waals surface area contributed by atoms with Gasteiger partial charge in [0.25, 0.3) is 0 Å². The highest BCUT2D eigenvalue weighted by molar-refractivity contribution is 5.45. The van der Waals surface area contributed by atoms with E-state index in [9.17, 15) is 26.3 Å². The molecular weight excluding hydrogens is 312 g/mol. The molecule has 0 atom stereocenters. The van der Waals surface area contributed by atoms with Crippen LogP contribution in [0.1, 0.15) is 25.2 Å². The van der Waals surface area contributed by atoms with Gasteiger partial charge in [-0.05, 0) is 24.3 Å². The van der Waals surface area contributed by atoms with Crippen LogP contribution in [0.2, 0.25) is 0 Å². The van der Waals surface area contributed by atoms with Gasteiger partial charge >= 0.3 is 12.4 Å². The van der Waals surface area contributed by atoms with Gasteiger partial charge in [-0.1, -0.05) is 13.8 Å². The first-order chi connectivity index (χ1) is 10.1. The molecule has 0 unspecified atom stereocenters. The molecular formula is C13H13F6N3. The Morgan fingerprint density at radius 3 is 1.82 bits per heavy atom. The number of anilines is 1. The second kappa shape index (κ2) is 6.29. The van der Waals surface area contributed by atoms with Crippen LogP contribution in [0.25, 0.3) is 5.69 Å². The highest BCUT2D eigenvalue weighted by Gasteiger charge is 2.42. The SMILES string of the molecule is CC.Nc1ccc(-n2nc(C(F)(F)F)cc2C(F)(F)F)cc1. The van der Waals surface area contributed by atoms with Crippen molar-refractivity contribution in [3.63, 3.8) is 0 Å². The van der Waals surface area contributed by atoms with Crippen molar-refractivity contribution in [3.8, 4) is 5.69 Å². The van der Waals surface area contributed by atoms with Crippen LogP contribution >= 0.6 is 0 Å². The standard InChI is InChI=1S/C11H7F6N3.C2H6/c12-10(13,14)8-5-9(11(15,16)17)20(19-8)7-3-1-6(18)2-4-7;1-2/h1-5H,18H2;1-2H3. The largest absolute Gasteiger partial charge is 0.435 e. The lowest BCUT2D eigenvalue weighted by molar-refractivity contribution is -0.143. The maximum atomic E-state index is 12.8. The van der Waals surface area contributed by atoms with Crippen molar-refractivity contribution in [1.29, 1.82) is 0 Å². The van der Waals surface area contributed by atoms with E-state index in [0.29, 0.717) is 0 Å². The van der Waals surface area contributed by atoms with Gasteiger partial charge in [-0.2, -0.15) is 31.4 Å². The summed E-state index contributed by atoms with van der Waals surface area (Å²) in [4.78, 5) is 0. The Bertz CT molecular complexity index is 610. The van der Waals surface area contributed by atoms with Gasteiger partial charge in [-0.25, -0.2) is 4.68 Å². The van der Waals surface area contributed by atoms with Crippen LogP contribution in [0.4, 0.5) is 32.0 Å². The van der Waals surface area contributed by atoms with Crippen molar-refractivity contribution in [2.24, 2.45) is 0 Å². The monoisotopic (exact) mass is 325 g/mol. The fourth-order valence-corrected chi connectivity index (χ4v) is 1.53. The first-order valence-electron chi connectivity index (χ1n) is 6.19. The molecule has 1 heterocycles. The number of rotatable bonds is 1. The first kappa shape index (κ1) is 17.9. The van der Waals surface area contributed by atoms with E-state index in [4.69, 9.17) is 5.73 Å². The molecule has 0 aliphatic heterocycles. The first-order valence-corrected chi connectivity index (χ1v) is 6.19. The average Bonchev–Trinajstić information content (AvgIpc) is 2.87. The molecule has 2 aromatic rings. The Balaban J connectivity index is 0.00000116. The Hall–Kier alpha value is -2.19. The van der Waals surface area contributed by atoms with Gasteiger partial charge in [-0.3, -0.25) is 0 Å². The highest BCUT2D eigenvalue weighted by atomic mass is 19.4. The van der Waals surface area contributed by atoms with Crippen LogP contribution in [0, 0.1) is 0 Å². The number of aromatic nitrogens is 2. The lowest BCUT2D eigenvalue weighted by atomic mass is 10.2. The van der Waals surface area contributed by atoms with Gasteiger partial charge in [0, 0.05) is 11.8 Å². The number of hydrogen-bond donors (Lipinski definition) is 1. The molecule has 0 amide bonds. The van der Waals surface area contributed by atoms with Crippen LogP contribution in [0.15, 0.2) is 30.3 Å². The van der Waals surface area contributed by atoms with E-state index in [1.807, 2.05) is 13.8 Å². The van der Waals surface area contributed by atoms with Crippen molar-refractivity contribution in [2.45, 2.75) is 26.2 Å². The summed E-state index contributed by atoms with van der Waals surface area (Å²) in [6.45, 7) is 4.00. The zero-order valence-electron chi connectivity index (χ0n) is 11.6. The van der Waals surface area contributed by atoms with Crippen molar-refractivity contribution >= 4 is 5.69 Å². The van der Waals surface area contributed by atoms with Crippen molar-refractivity contribution in [2.75, 3.05) is 5.73 Å². The third kappa shape index (κ3) is 3.92. The third-order valence-corrected chi connectivity index (χ3v) is 2.43. The summed E-state index contributed by atoms with van der Waals surface area (Å²) < 4.78 is 75.9. The van der Waals surface area contributed by atoms with Crippen LogP contribution in [-0.2, 0) is 12.4 Å². The molecule has 0 saturated carbocycles. The predicted molar refractivity (Wildman–Crippen MR) is 69.3 cm³/mol. The van der Waals surface area contributed by atoms with Gasteiger partial charge in [0.1, 0.15) is 5.69 Å². The predicted octanol–water partition coefficient (Wildman–Crippen LogP) is 4.52. The van der Waals surface area contributed by atoms with Gasteiger partial charge in [0.15, 0.2) is 5.69 Å². The summed E-state index contributed by atoms with van der Waals surface area (Å²) >= 11 is 0. The Labute approximate surface area is 122 Å². The zero-order chi connectivity index (χ0) is 17.1. The van der Waals surface area contributed by atoms with Gasteiger partial charge in [0.2, 0.25) is 0 Å². The molecule has 0 radical (unpaired) electrons. The molecule has 0 saturated heterocycles. The zero-order valence-corrected chi connectivity index (χ0v) is 11.6. The molecule has 0 spiro atoms. The smallest absolute Gasteiger partial charge is 0.399 e. The molecule has 1 aromatic heterocycles. The van der Waals surface area contributed by atoms with E-state index < -0.39 is 23.7 Å². The van der Waals surface area contributed by atoms with Crippen LogP contribution in [0.3, 0.4) is 0 Å². The Kier molecular flexibility index (Phi) is 5.10. The summed E-state index contributed by atoms with van der Waals surface area (Å²) in [5.74, 6) is 0. The number of hydrogen-bond acceptors (Lipinski definition) is 2. The summed E-state index contributed by atoms with van der Waals surface area (Å²) in [6.07, 6.45) is -9.92. The number of alkyl halides is 6. The van der Waals surface area contributed by atoms with E-state index in [0.717, 1.165) is 12.1 Å². The number of benzene rings is 1. The van der Waals surface area contributed by atoms with Gasteiger partial charge < -0.3 is 5.73 Å². The molecule has 0 aliphatic rings. The molecule has 9 heteroatoms.